The molecule has 9 heavy (non-hydrogen) atoms. The SMILES string of the molecule is O=[N+]([O-])[C-]1CCCCC1. The molecular formula is C6H10NO2-. The zero-order valence-corrected chi connectivity index (χ0v) is 5.30. The van der Waals surface area contributed by atoms with Crippen molar-refractivity contribution < 1.29 is 4.92 Å². The van der Waals surface area contributed by atoms with E-state index >= 15 is 0 Å². The fourth-order valence-electron chi connectivity index (χ4n) is 1.14. The topological polar surface area (TPSA) is 43.1 Å². The molecular weight excluding hydrogens is 118 g/mol. The van der Waals surface area contributed by atoms with Gasteiger partial charge in [0.05, 0.1) is 0 Å². The van der Waals surface area contributed by atoms with E-state index in [4.69, 9.17) is 0 Å². The van der Waals surface area contributed by atoms with E-state index in [0.29, 0.717) is 18.9 Å². The van der Waals surface area contributed by atoms with Crippen LogP contribution in [0.3, 0.4) is 0 Å². The molecule has 0 heterocycles. The number of rotatable bonds is 1. The number of nitro groups is 1. The molecule has 1 rings (SSSR count). The van der Waals surface area contributed by atoms with Crippen molar-refractivity contribution in [3.8, 4) is 0 Å². The third-order valence-corrected chi connectivity index (χ3v) is 1.69. The van der Waals surface area contributed by atoms with E-state index in [-0.39, 0.29) is 4.92 Å². The Morgan fingerprint density at radius 1 is 1.22 bits per heavy atom. The Hall–Kier alpha value is -0.730. The average Bonchev–Trinajstić information content (AvgIpc) is 1.90. The molecule has 0 aliphatic heterocycles. The molecule has 0 bridgehead atoms. The monoisotopic (exact) mass is 128 g/mol. The van der Waals surface area contributed by atoms with Crippen molar-refractivity contribution in [2.24, 2.45) is 0 Å². The predicted molar refractivity (Wildman–Crippen MR) is 33.3 cm³/mol. The lowest BCUT2D eigenvalue weighted by Gasteiger charge is -2.25. The van der Waals surface area contributed by atoms with Gasteiger partial charge in [-0.3, -0.25) is 10.1 Å². The van der Waals surface area contributed by atoms with Gasteiger partial charge in [-0.15, -0.1) is 17.8 Å². The van der Waals surface area contributed by atoms with Crippen molar-refractivity contribution in [2.45, 2.75) is 32.1 Å². The predicted octanol–water partition coefficient (Wildman–Crippen LogP) is 1.76. The van der Waals surface area contributed by atoms with Crippen molar-refractivity contribution in [1.29, 1.82) is 0 Å². The molecule has 0 spiro atoms. The van der Waals surface area contributed by atoms with Gasteiger partial charge in [-0.2, -0.15) is 0 Å². The van der Waals surface area contributed by atoms with Crippen LogP contribution in [0.5, 0.6) is 0 Å². The summed E-state index contributed by atoms with van der Waals surface area (Å²) >= 11 is 0. The van der Waals surface area contributed by atoms with E-state index in [1.54, 1.807) is 0 Å². The van der Waals surface area contributed by atoms with E-state index < -0.39 is 0 Å². The van der Waals surface area contributed by atoms with Crippen LogP contribution in [0.4, 0.5) is 0 Å². The quantitative estimate of drug-likeness (QED) is 0.307. The minimum atomic E-state index is -0.223. The van der Waals surface area contributed by atoms with Gasteiger partial charge in [0.2, 0.25) is 0 Å². The molecule has 0 aromatic rings. The Balaban J connectivity index is 2.31. The molecule has 0 saturated heterocycles. The van der Waals surface area contributed by atoms with Crippen molar-refractivity contribution in [3.05, 3.63) is 16.2 Å². The zero-order chi connectivity index (χ0) is 6.69. The van der Waals surface area contributed by atoms with Crippen LogP contribution in [0.1, 0.15) is 32.1 Å². The summed E-state index contributed by atoms with van der Waals surface area (Å²) in [6, 6.07) is 0.529. The van der Waals surface area contributed by atoms with Crippen LogP contribution in [-0.2, 0) is 0 Å². The van der Waals surface area contributed by atoms with Gasteiger partial charge in [0.1, 0.15) is 0 Å². The minimum Gasteiger partial charge on any atom is -0.295 e. The summed E-state index contributed by atoms with van der Waals surface area (Å²) in [6.07, 6.45) is 4.62. The highest BCUT2D eigenvalue weighted by Crippen LogP contribution is 2.25. The second-order valence-electron chi connectivity index (χ2n) is 2.38. The van der Waals surface area contributed by atoms with Crippen LogP contribution >= 0.6 is 0 Å². The van der Waals surface area contributed by atoms with Gasteiger partial charge in [0.15, 0.2) is 0 Å². The molecule has 0 aromatic heterocycles. The Morgan fingerprint density at radius 3 is 2.11 bits per heavy atom. The summed E-state index contributed by atoms with van der Waals surface area (Å²) in [4.78, 5) is 9.90. The minimum absolute atomic E-state index is 0.223. The largest absolute Gasteiger partial charge is 0.295 e. The number of hydrogen-bond donors (Lipinski definition) is 0. The summed E-state index contributed by atoms with van der Waals surface area (Å²) in [5.41, 5.74) is 0. The fraction of sp³-hybridized carbons (Fsp3) is 0.833. The van der Waals surface area contributed by atoms with Crippen LogP contribution in [0.2, 0.25) is 0 Å². The molecule has 3 nitrogen and oxygen atoms in total. The molecule has 1 saturated carbocycles. The van der Waals surface area contributed by atoms with Crippen LogP contribution in [0, 0.1) is 16.2 Å². The lowest BCUT2D eigenvalue weighted by atomic mass is 9.96. The molecule has 0 unspecified atom stereocenters. The molecule has 0 N–H and O–H groups in total. The molecule has 0 aromatic carbocycles. The third-order valence-electron chi connectivity index (χ3n) is 1.69. The Kier molecular flexibility index (Phi) is 1.92. The van der Waals surface area contributed by atoms with Gasteiger partial charge in [0, 0.05) is 0 Å². The first-order valence-electron chi connectivity index (χ1n) is 3.30. The van der Waals surface area contributed by atoms with Crippen molar-refractivity contribution in [3.63, 3.8) is 0 Å². The molecule has 52 valence electrons. The van der Waals surface area contributed by atoms with Gasteiger partial charge in [0.25, 0.3) is 0 Å². The summed E-state index contributed by atoms with van der Waals surface area (Å²) in [6.45, 7) is 0. The highest BCUT2D eigenvalue weighted by molar-refractivity contribution is 4.80. The Labute approximate surface area is 54.2 Å². The maximum absolute atomic E-state index is 10.1. The van der Waals surface area contributed by atoms with Crippen LogP contribution in [0.25, 0.3) is 0 Å². The molecule has 1 aliphatic rings. The molecule has 3 heteroatoms. The van der Waals surface area contributed by atoms with Crippen LogP contribution < -0.4 is 0 Å². The highest BCUT2D eigenvalue weighted by atomic mass is 16.6. The average molecular weight is 128 g/mol. The van der Waals surface area contributed by atoms with Gasteiger partial charge in [-0.25, -0.2) is 0 Å². The summed E-state index contributed by atoms with van der Waals surface area (Å²) in [5.74, 6) is 0. The smallest absolute Gasteiger partial charge is 0.0458 e. The first kappa shape index (κ1) is 6.39. The van der Waals surface area contributed by atoms with Gasteiger partial charge in [-0.1, -0.05) is 19.3 Å². The van der Waals surface area contributed by atoms with Crippen molar-refractivity contribution in [2.75, 3.05) is 0 Å². The van der Waals surface area contributed by atoms with Crippen LogP contribution in [-0.4, -0.2) is 4.92 Å². The van der Waals surface area contributed by atoms with E-state index in [0.717, 1.165) is 19.3 Å². The number of nitrogens with zero attached hydrogens (tertiary/aromatic N) is 1. The number of hydrogen-bond acceptors (Lipinski definition) is 2. The van der Waals surface area contributed by atoms with Crippen molar-refractivity contribution in [1.82, 2.24) is 0 Å². The van der Waals surface area contributed by atoms with E-state index in [2.05, 4.69) is 0 Å². The highest BCUT2D eigenvalue weighted by Gasteiger charge is 2.08. The first-order valence-corrected chi connectivity index (χ1v) is 3.30. The zero-order valence-electron chi connectivity index (χ0n) is 5.30. The fourth-order valence-corrected chi connectivity index (χ4v) is 1.14. The lowest BCUT2D eigenvalue weighted by Crippen LogP contribution is -2.12. The van der Waals surface area contributed by atoms with Crippen molar-refractivity contribution >= 4 is 0 Å². The molecule has 1 aliphatic carbocycles. The van der Waals surface area contributed by atoms with E-state index in [1.807, 2.05) is 0 Å². The Bertz CT molecular complexity index is 108. The first-order chi connectivity index (χ1) is 4.30. The molecule has 0 atom stereocenters. The second-order valence-corrected chi connectivity index (χ2v) is 2.38. The normalized spacial score (nSPS) is 19.8. The van der Waals surface area contributed by atoms with E-state index in [9.17, 15) is 10.1 Å². The van der Waals surface area contributed by atoms with E-state index in [1.165, 1.54) is 0 Å². The maximum atomic E-state index is 10.1. The summed E-state index contributed by atoms with van der Waals surface area (Å²) in [5, 5.41) is 10.1. The summed E-state index contributed by atoms with van der Waals surface area (Å²) < 4.78 is 0. The third kappa shape index (κ3) is 1.59. The molecule has 1 fully saturated rings. The molecule has 0 amide bonds. The Morgan fingerprint density at radius 2 is 1.78 bits per heavy atom. The van der Waals surface area contributed by atoms with Gasteiger partial charge in [-0.05, 0) is 6.04 Å². The van der Waals surface area contributed by atoms with Gasteiger partial charge >= 0.3 is 0 Å². The molecule has 0 radical (unpaired) electrons. The van der Waals surface area contributed by atoms with Gasteiger partial charge < -0.3 is 0 Å². The standard InChI is InChI=1S/C6H10NO2/c8-7(9)6-4-2-1-3-5-6/h1-5H2/q-1. The van der Waals surface area contributed by atoms with Crippen LogP contribution in [0.15, 0.2) is 0 Å². The summed E-state index contributed by atoms with van der Waals surface area (Å²) in [7, 11) is 0. The second kappa shape index (κ2) is 2.71. The lowest BCUT2D eigenvalue weighted by molar-refractivity contribution is -0.471. The maximum Gasteiger partial charge on any atom is -0.0458 e.